The lowest BCUT2D eigenvalue weighted by Gasteiger charge is -2.37. The minimum Gasteiger partial charge on any atom is -0.310 e. The van der Waals surface area contributed by atoms with Crippen LogP contribution in [0.5, 0.6) is 0 Å². The normalized spacial score (nSPS) is 30.3. The Labute approximate surface area is 189 Å². The molecule has 4 aliphatic rings. The first-order chi connectivity index (χ1) is 15.9. The second-order valence-corrected chi connectivity index (χ2v) is 9.02. The molecule has 9 heteroatoms. The second kappa shape index (κ2) is 6.71. The summed E-state index contributed by atoms with van der Waals surface area (Å²) in [5, 5.41) is 11.0. The molecule has 0 N–H and O–H groups in total. The summed E-state index contributed by atoms with van der Waals surface area (Å²) in [7, 11) is 0. The van der Waals surface area contributed by atoms with Crippen LogP contribution in [0.15, 0.2) is 48.5 Å². The number of carbonyl (C=O) groups is 3. The zero-order valence-electron chi connectivity index (χ0n) is 18.0. The number of rotatable bonds is 3. The summed E-state index contributed by atoms with van der Waals surface area (Å²) in [6, 6.07) is 12.8. The van der Waals surface area contributed by atoms with Crippen LogP contribution in [0.3, 0.4) is 0 Å². The van der Waals surface area contributed by atoms with E-state index in [0.717, 1.165) is 29.0 Å². The molecular weight excluding hydrogens is 424 g/mol. The number of hydrogen-bond donors (Lipinski definition) is 0. The van der Waals surface area contributed by atoms with Crippen molar-refractivity contribution in [2.45, 2.75) is 31.3 Å². The zero-order chi connectivity index (χ0) is 23.1. The summed E-state index contributed by atoms with van der Waals surface area (Å²) in [5.41, 5.74) is 0.583. The molecule has 0 saturated carbocycles. The highest BCUT2D eigenvalue weighted by atomic mass is 16.6. The molecule has 9 nitrogen and oxygen atoms in total. The number of para-hydroxylation sites is 1. The summed E-state index contributed by atoms with van der Waals surface area (Å²) in [6.07, 6.45) is 1.60. The number of carbonyl (C=O) groups excluding carboxylic acids is 3. The van der Waals surface area contributed by atoms with Crippen molar-refractivity contribution in [1.82, 2.24) is 4.90 Å². The molecule has 6 rings (SSSR count). The molecule has 0 aromatic heterocycles. The maximum Gasteiger partial charge on any atom is 0.269 e. The van der Waals surface area contributed by atoms with Gasteiger partial charge in [0.25, 0.3) is 11.6 Å². The lowest BCUT2D eigenvalue weighted by molar-refractivity contribution is -0.384. The molecule has 0 unspecified atom stereocenters. The highest BCUT2D eigenvalue weighted by Crippen LogP contribution is 2.61. The van der Waals surface area contributed by atoms with E-state index in [1.165, 1.54) is 24.3 Å². The van der Waals surface area contributed by atoms with E-state index in [1.54, 1.807) is 4.90 Å². The summed E-state index contributed by atoms with van der Waals surface area (Å²) in [5.74, 6) is -2.32. The molecule has 3 fully saturated rings. The molecule has 168 valence electrons. The van der Waals surface area contributed by atoms with Crippen LogP contribution in [0.4, 0.5) is 17.1 Å². The van der Waals surface area contributed by atoms with E-state index in [4.69, 9.17) is 0 Å². The Bertz CT molecular complexity index is 1230. The number of imide groups is 1. The number of anilines is 2. The summed E-state index contributed by atoms with van der Waals surface area (Å²) in [4.78, 5) is 57.2. The monoisotopic (exact) mass is 446 g/mol. The van der Waals surface area contributed by atoms with Gasteiger partial charge in [-0.3, -0.25) is 29.4 Å². The number of benzene rings is 2. The second-order valence-electron chi connectivity index (χ2n) is 9.02. The topological polar surface area (TPSA) is 104 Å². The molecule has 0 bridgehead atoms. The third-order valence-corrected chi connectivity index (χ3v) is 7.78. The van der Waals surface area contributed by atoms with Crippen LogP contribution in [0.2, 0.25) is 0 Å². The average Bonchev–Trinajstić information content (AvgIpc) is 3.51. The predicted octanol–water partition coefficient (Wildman–Crippen LogP) is 2.44. The number of non-ortho nitro benzene ring substituents is 1. The average molecular weight is 446 g/mol. The summed E-state index contributed by atoms with van der Waals surface area (Å²) >= 11 is 0. The van der Waals surface area contributed by atoms with E-state index in [2.05, 4.69) is 4.90 Å². The van der Waals surface area contributed by atoms with E-state index < -0.39 is 28.2 Å². The largest absolute Gasteiger partial charge is 0.310 e. The van der Waals surface area contributed by atoms with Crippen molar-refractivity contribution in [3.63, 3.8) is 0 Å². The van der Waals surface area contributed by atoms with Gasteiger partial charge in [-0.05, 0) is 44.5 Å². The third kappa shape index (κ3) is 2.27. The number of nitro benzene ring substituents is 1. The Morgan fingerprint density at radius 1 is 1.06 bits per heavy atom. The first-order valence-corrected chi connectivity index (χ1v) is 11.2. The maximum absolute atomic E-state index is 14.0. The smallest absolute Gasteiger partial charge is 0.269 e. The lowest BCUT2D eigenvalue weighted by atomic mass is 9.75. The fraction of sp³-hybridized carbons (Fsp3) is 0.375. The molecule has 2 aromatic carbocycles. The molecule has 3 saturated heterocycles. The number of likely N-dealkylation sites (N-methyl/N-ethyl adjacent to an activating group) is 1. The molecule has 0 radical (unpaired) electrons. The number of hydrogen-bond acceptors (Lipinski definition) is 6. The number of nitrogens with zero attached hydrogens (tertiary/aromatic N) is 4. The summed E-state index contributed by atoms with van der Waals surface area (Å²) in [6.45, 7) is 3.04. The van der Waals surface area contributed by atoms with Crippen molar-refractivity contribution in [3.05, 3.63) is 64.2 Å². The number of fused-ring (bicyclic) bond motifs is 7. The SMILES string of the molecule is CCN1C(=O)[C@]2(c3ccccc31)[C@@H]1C(=O)N(c3ccc([N+](=O)[O-])cc3)C(=O)[C@@H]1[C@H]1CCCN12. The first kappa shape index (κ1) is 20.0. The first-order valence-electron chi connectivity index (χ1n) is 11.2. The van der Waals surface area contributed by atoms with Crippen molar-refractivity contribution >= 4 is 34.8 Å². The molecule has 4 heterocycles. The van der Waals surface area contributed by atoms with Gasteiger partial charge in [-0.25, -0.2) is 4.90 Å². The Balaban J connectivity index is 1.52. The van der Waals surface area contributed by atoms with Gasteiger partial charge in [0.15, 0.2) is 0 Å². The van der Waals surface area contributed by atoms with Crippen molar-refractivity contribution in [3.8, 4) is 0 Å². The van der Waals surface area contributed by atoms with Crippen LogP contribution in [0.25, 0.3) is 0 Å². The van der Waals surface area contributed by atoms with Crippen molar-refractivity contribution < 1.29 is 19.3 Å². The minimum absolute atomic E-state index is 0.116. The van der Waals surface area contributed by atoms with Gasteiger partial charge in [-0.2, -0.15) is 0 Å². The zero-order valence-corrected chi connectivity index (χ0v) is 18.0. The van der Waals surface area contributed by atoms with Gasteiger partial charge in [0, 0.05) is 36.0 Å². The summed E-state index contributed by atoms with van der Waals surface area (Å²) < 4.78 is 0. The molecule has 33 heavy (non-hydrogen) atoms. The van der Waals surface area contributed by atoms with Crippen LogP contribution in [0.1, 0.15) is 25.3 Å². The van der Waals surface area contributed by atoms with Gasteiger partial charge in [-0.1, -0.05) is 18.2 Å². The van der Waals surface area contributed by atoms with Crippen molar-refractivity contribution in [1.29, 1.82) is 0 Å². The highest BCUT2D eigenvalue weighted by molar-refractivity contribution is 6.26. The Morgan fingerprint density at radius 2 is 1.79 bits per heavy atom. The third-order valence-electron chi connectivity index (χ3n) is 7.78. The van der Waals surface area contributed by atoms with Crippen molar-refractivity contribution in [2.24, 2.45) is 11.8 Å². The van der Waals surface area contributed by atoms with E-state index in [-0.39, 0.29) is 23.5 Å². The van der Waals surface area contributed by atoms with Gasteiger partial charge in [0.1, 0.15) is 5.54 Å². The molecule has 0 aliphatic carbocycles. The van der Waals surface area contributed by atoms with Crippen molar-refractivity contribution in [2.75, 3.05) is 22.9 Å². The minimum atomic E-state index is -1.19. The van der Waals surface area contributed by atoms with Crippen LogP contribution < -0.4 is 9.80 Å². The van der Waals surface area contributed by atoms with E-state index in [0.29, 0.717) is 18.8 Å². The van der Waals surface area contributed by atoms with Crippen LogP contribution >= 0.6 is 0 Å². The van der Waals surface area contributed by atoms with E-state index in [9.17, 15) is 24.5 Å². The van der Waals surface area contributed by atoms with Crippen LogP contribution in [-0.2, 0) is 19.9 Å². The van der Waals surface area contributed by atoms with Gasteiger partial charge in [0.2, 0.25) is 11.8 Å². The number of amides is 3. The Kier molecular flexibility index (Phi) is 4.08. The predicted molar refractivity (Wildman–Crippen MR) is 118 cm³/mol. The Morgan fingerprint density at radius 3 is 2.48 bits per heavy atom. The van der Waals surface area contributed by atoms with Gasteiger partial charge >= 0.3 is 0 Å². The Hall–Kier alpha value is -3.59. The van der Waals surface area contributed by atoms with E-state index in [1.807, 2.05) is 31.2 Å². The van der Waals surface area contributed by atoms with Crippen LogP contribution in [0, 0.1) is 22.0 Å². The fourth-order valence-corrected chi connectivity index (χ4v) is 6.63. The standard InChI is InChI=1S/C24H22N4O5/c1-2-25-17-7-4-3-6-16(17)24(23(25)31)20-19(18-8-5-13-26(18)24)21(29)27(22(20)30)14-9-11-15(12-10-14)28(32)33/h3-4,6-7,9-12,18-20H,2,5,8,13H2,1H3/t18-,19-,20+,24+/m1/s1. The quantitative estimate of drug-likeness (QED) is 0.408. The number of nitro groups is 1. The van der Waals surface area contributed by atoms with Gasteiger partial charge in [0.05, 0.1) is 22.4 Å². The molecule has 1 spiro atoms. The van der Waals surface area contributed by atoms with E-state index >= 15 is 0 Å². The molecule has 2 aromatic rings. The van der Waals surface area contributed by atoms with Gasteiger partial charge < -0.3 is 4.90 Å². The lowest BCUT2D eigenvalue weighted by Crippen LogP contribution is -2.56. The molecule has 4 aliphatic heterocycles. The molecule has 4 atom stereocenters. The van der Waals surface area contributed by atoms with Gasteiger partial charge in [-0.15, -0.1) is 0 Å². The molecule has 3 amide bonds. The highest BCUT2D eigenvalue weighted by Gasteiger charge is 2.75. The fourth-order valence-electron chi connectivity index (χ4n) is 6.63. The molecular formula is C24H22N4O5. The maximum atomic E-state index is 14.0. The van der Waals surface area contributed by atoms with Crippen LogP contribution in [-0.4, -0.2) is 46.7 Å².